The number of aromatic hydroxyl groups is 1. The van der Waals surface area contributed by atoms with Crippen LogP contribution in [0.25, 0.3) is 11.3 Å². The van der Waals surface area contributed by atoms with Crippen LogP contribution in [0.1, 0.15) is 0 Å². The van der Waals surface area contributed by atoms with Gasteiger partial charge in [0.2, 0.25) is 0 Å². The fourth-order valence-corrected chi connectivity index (χ4v) is 1.89. The van der Waals surface area contributed by atoms with Crippen molar-refractivity contribution in [2.75, 3.05) is 20.0 Å². The van der Waals surface area contributed by atoms with Gasteiger partial charge in [-0.15, -0.1) is 0 Å². The van der Waals surface area contributed by atoms with E-state index in [0.717, 1.165) is 0 Å². The van der Waals surface area contributed by atoms with Crippen LogP contribution in [0, 0.1) is 0 Å². The van der Waals surface area contributed by atoms with E-state index in [9.17, 15) is 5.11 Å². The van der Waals surface area contributed by atoms with Crippen molar-refractivity contribution in [3.05, 3.63) is 17.2 Å². The number of methoxy groups -OCH3 is 2. The summed E-state index contributed by atoms with van der Waals surface area (Å²) in [7, 11) is 2.92. The summed E-state index contributed by atoms with van der Waals surface area (Å²) in [5.41, 5.74) is 6.49. The number of benzene rings is 1. The van der Waals surface area contributed by atoms with Crippen molar-refractivity contribution in [1.82, 2.24) is 10.2 Å². The van der Waals surface area contributed by atoms with Gasteiger partial charge in [0.25, 0.3) is 0 Å². The van der Waals surface area contributed by atoms with Crippen molar-refractivity contribution < 1.29 is 14.6 Å². The Labute approximate surface area is 108 Å². The summed E-state index contributed by atoms with van der Waals surface area (Å²) < 4.78 is 10.2. The molecule has 0 aliphatic carbocycles. The van der Waals surface area contributed by atoms with Crippen LogP contribution < -0.4 is 15.2 Å². The summed E-state index contributed by atoms with van der Waals surface area (Å²) >= 11 is 6.02. The smallest absolute Gasteiger partial charge is 0.183 e. The number of nitrogens with two attached hydrogens (primary N) is 1. The molecule has 1 aromatic heterocycles. The SMILES string of the molecule is COc1cc(-c2cc(N)n[nH]2)c(O)c(Cl)c1OC. The van der Waals surface area contributed by atoms with E-state index >= 15 is 0 Å². The molecule has 96 valence electrons. The highest BCUT2D eigenvalue weighted by Gasteiger charge is 2.19. The molecule has 0 aliphatic rings. The molecule has 0 atom stereocenters. The van der Waals surface area contributed by atoms with Crippen LogP contribution in [0.4, 0.5) is 5.82 Å². The highest BCUT2D eigenvalue weighted by molar-refractivity contribution is 6.34. The molecule has 2 rings (SSSR count). The summed E-state index contributed by atoms with van der Waals surface area (Å²) in [6, 6.07) is 3.17. The number of hydrogen-bond acceptors (Lipinski definition) is 5. The number of ether oxygens (including phenoxy) is 2. The molecule has 6 nitrogen and oxygen atoms in total. The quantitative estimate of drug-likeness (QED) is 0.793. The number of rotatable bonds is 3. The summed E-state index contributed by atoms with van der Waals surface area (Å²) in [6.07, 6.45) is 0. The molecule has 0 fully saturated rings. The third kappa shape index (κ3) is 1.91. The summed E-state index contributed by atoms with van der Waals surface area (Å²) in [5.74, 6) is 0.865. The minimum atomic E-state index is -0.127. The minimum absolute atomic E-state index is 0.0695. The first kappa shape index (κ1) is 12.4. The Morgan fingerprint density at radius 1 is 1.33 bits per heavy atom. The Bertz CT molecular complexity index is 583. The van der Waals surface area contributed by atoms with Crippen LogP contribution in [0.15, 0.2) is 12.1 Å². The number of aromatic amines is 1. The Morgan fingerprint density at radius 2 is 2.06 bits per heavy atom. The number of H-pyrrole nitrogens is 1. The molecule has 0 spiro atoms. The number of phenols is 1. The van der Waals surface area contributed by atoms with Gasteiger partial charge in [0.05, 0.1) is 19.9 Å². The molecule has 18 heavy (non-hydrogen) atoms. The van der Waals surface area contributed by atoms with Crippen molar-refractivity contribution in [3.63, 3.8) is 0 Å². The van der Waals surface area contributed by atoms with Gasteiger partial charge in [-0.3, -0.25) is 5.10 Å². The average molecular weight is 270 g/mol. The first-order valence-corrected chi connectivity index (χ1v) is 5.41. The highest BCUT2D eigenvalue weighted by Crippen LogP contribution is 2.46. The Balaban J connectivity index is 2.65. The second-order valence-electron chi connectivity index (χ2n) is 3.53. The lowest BCUT2D eigenvalue weighted by molar-refractivity contribution is 0.352. The van der Waals surface area contributed by atoms with Crippen LogP contribution >= 0.6 is 11.6 Å². The lowest BCUT2D eigenvalue weighted by Crippen LogP contribution is -1.93. The second-order valence-corrected chi connectivity index (χ2v) is 3.91. The minimum Gasteiger partial charge on any atom is -0.506 e. The number of phenolic OH excluding ortho intramolecular Hbond substituents is 1. The van der Waals surface area contributed by atoms with E-state index in [0.29, 0.717) is 22.8 Å². The molecular weight excluding hydrogens is 258 g/mol. The van der Waals surface area contributed by atoms with E-state index in [2.05, 4.69) is 10.2 Å². The zero-order chi connectivity index (χ0) is 13.3. The molecule has 0 radical (unpaired) electrons. The number of aromatic nitrogens is 2. The van der Waals surface area contributed by atoms with Gasteiger partial charge in [-0.25, -0.2) is 0 Å². The van der Waals surface area contributed by atoms with Crippen LogP contribution in [0.3, 0.4) is 0 Å². The first-order valence-electron chi connectivity index (χ1n) is 5.03. The van der Waals surface area contributed by atoms with Gasteiger partial charge in [0.1, 0.15) is 16.6 Å². The zero-order valence-electron chi connectivity index (χ0n) is 9.82. The number of nitrogens with one attached hydrogen (secondary N) is 1. The van der Waals surface area contributed by atoms with Crippen molar-refractivity contribution in [1.29, 1.82) is 0 Å². The van der Waals surface area contributed by atoms with E-state index in [1.54, 1.807) is 12.1 Å². The van der Waals surface area contributed by atoms with Gasteiger partial charge >= 0.3 is 0 Å². The molecule has 0 saturated carbocycles. The molecule has 4 N–H and O–H groups in total. The van der Waals surface area contributed by atoms with E-state index in [4.69, 9.17) is 26.8 Å². The zero-order valence-corrected chi connectivity index (χ0v) is 10.6. The van der Waals surface area contributed by atoms with Crippen LogP contribution in [-0.4, -0.2) is 29.5 Å². The predicted octanol–water partition coefficient (Wildman–Crippen LogP) is 2.04. The number of anilines is 1. The fraction of sp³-hybridized carbons (Fsp3) is 0.182. The van der Waals surface area contributed by atoms with Crippen molar-refractivity contribution >= 4 is 17.4 Å². The second kappa shape index (κ2) is 4.66. The maximum absolute atomic E-state index is 10.0. The molecule has 2 aromatic rings. The lowest BCUT2D eigenvalue weighted by atomic mass is 10.1. The van der Waals surface area contributed by atoms with E-state index in [-0.39, 0.29) is 16.5 Å². The topological polar surface area (TPSA) is 93.4 Å². The molecule has 1 heterocycles. The van der Waals surface area contributed by atoms with Gasteiger partial charge in [0.15, 0.2) is 11.5 Å². The van der Waals surface area contributed by atoms with Gasteiger partial charge in [-0.05, 0) is 6.07 Å². The van der Waals surface area contributed by atoms with E-state index in [1.807, 2.05) is 0 Å². The molecule has 0 amide bonds. The van der Waals surface area contributed by atoms with Crippen LogP contribution in [-0.2, 0) is 0 Å². The monoisotopic (exact) mass is 269 g/mol. The molecule has 0 aliphatic heterocycles. The first-order chi connectivity index (χ1) is 8.58. The van der Waals surface area contributed by atoms with Gasteiger partial charge in [0, 0.05) is 11.6 Å². The molecule has 0 unspecified atom stereocenters. The third-order valence-electron chi connectivity index (χ3n) is 2.47. The summed E-state index contributed by atoms with van der Waals surface area (Å²) in [6.45, 7) is 0. The lowest BCUT2D eigenvalue weighted by Gasteiger charge is -2.13. The Morgan fingerprint density at radius 3 is 2.56 bits per heavy atom. The summed E-state index contributed by atoms with van der Waals surface area (Å²) in [4.78, 5) is 0. The van der Waals surface area contributed by atoms with Gasteiger partial charge in [-0.2, -0.15) is 5.10 Å². The standard InChI is InChI=1S/C11H12ClN3O3/c1-17-7-3-5(6-4-8(13)15-14-6)10(16)9(12)11(7)18-2/h3-4,16H,1-2H3,(H3,13,14,15). The summed E-state index contributed by atoms with van der Waals surface area (Å²) in [5, 5.41) is 16.6. The molecule has 1 aromatic carbocycles. The van der Waals surface area contributed by atoms with E-state index in [1.165, 1.54) is 14.2 Å². The fourth-order valence-electron chi connectivity index (χ4n) is 1.62. The third-order valence-corrected chi connectivity index (χ3v) is 2.82. The molecule has 7 heteroatoms. The Kier molecular flexibility index (Phi) is 3.20. The average Bonchev–Trinajstić information content (AvgIpc) is 2.78. The predicted molar refractivity (Wildman–Crippen MR) is 68.2 cm³/mol. The normalized spacial score (nSPS) is 10.4. The number of halogens is 1. The van der Waals surface area contributed by atoms with Crippen molar-refractivity contribution in [2.45, 2.75) is 0 Å². The molecule has 0 saturated heterocycles. The molecule has 0 bridgehead atoms. The number of nitrogen functional groups attached to an aromatic ring is 1. The number of hydrogen-bond donors (Lipinski definition) is 3. The van der Waals surface area contributed by atoms with Gasteiger partial charge in [-0.1, -0.05) is 11.6 Å². The van der Waals surface area contributed by atoms with Gasteiger partial charge < -0.3 is 20.3 Å². The molecular formula is C11H12ClN3O3. The Hall–Kier alpha value is -2.08. The van der Waals surface area contributed by atoms with Crippen molar-refractivity contribution in [2.24, 2.45) is 0 Å². The van der Waals surface area contributed by atoms with E-state index < -0.39 is 0 Å². The highest BCUT2D eigenvalue weighted by atomic mass is 35.5. The number of nitrogens with zero attached hydrogens (tertiary/aromatic N) is 1. The van der Waals surface area contributed by atoms with Crippen LogP contribution in [0.2, 0.25) is 5.02 Å². The largest absolute Gasteiger partial charge is 0.506 e. The van der Waals surface area contributed by atoms with Crippen LogP contribution in [0.5, 0.6) is 17.2 Å². The maximum atomic E-state index is 10.0. The van der Waals surface area contributed by atoms with Crippen molar-refractivity contribution in [3.8, 4) is 28.5 Å². The maximum Gasteiger partial charge on any atom is 0.183 e.